The van der Waals surface area contributed by atoms with Gasteiger partial charge in [-0.3, -0.25) is 9.63 Å². The predicted molar refractivity (Wildman–Crippen MR) is 99.9 cm³/mol. The van der Waals surface area contributed by atoms with Crippen molar-refractivity contribution < 1.29 is 22.8 Å². The number of nitrogens with one attached hydrogen (secondary N) is 2. The Morgan fingerprint density at radius 3 is 2.62 bits per heavy atom. The summed E-state index contributed by atoms with van der Waals surface area (Å²) < 4.78 is 42.4. The molecule has 0 aliphatic heterocycles. The number of carbonyl (C=O) groups is 1. The van der Waals surface area contributed by atoms with Crippen molar-refractivity contribution in [3.8, 4) is 0 Å². The van der Waals surface area contributed by atoms with Crippen LogP contribution in [0.3, 0.4) is 0 Å². The van der Waals surface area contributed by atoms with Crippen molar-refractivity contribution in [1.29, 1.82) is 0 Å². The number of amides is 1. The smallest absolute Gasteiger partial charge is 0.277 e. The van der Waals surface area contributed by atoms with Crippen LogP contribution in [-0.4, -0.2) is 12.5 Å². The molecule has 1 fully saturated rings. The first kappa shape index (κ1) is 19.2. The Morgan fingerprint density at radius 1 is 1.23 bits per heavy atom. The molecule has 1 amide bonds. The first-order valence-electron chi connectivity index (χ1n) is 7.68. The topological polar surface area (TPSA) is 50.4 Å². The summed E-state index contributed by atoms with van der Waals surface area (Å²) in [4.78, 5) is 17.3. The van der Waals surface area contributed by atoms with Gasteiger partial charge in [0, 0.05) is 3.57 Å². The van der Waals surface area contributed by atoms with E-state index in [4.69, 9.17) is 16.4 Å². The summed E-state index contributed by atoms with van der Waals surface area (Å²) in [6.45, 7) is 0.309. The van der Waals surface area contributed by atoms with E-state index in [9.17, 15) is 18.0 Å². The van der Waals surface area contributed by atoms with Crippen LogP contribution < -0.4 is 10.8 Å². The minimum Gasteiger partial charge on any atom is -0.351 e. The molecule has 2 aromatic carbocycles. The molecule has 2 aromatic rings. The van der Waals surface area contributed by atoms with E-state index in [1.807, 2.05) is 22.6 Å². The van der Waals surface area contributed by atoms with E-state index in [0.717, 1.165) is 16.4 Å². The number of hydrogen-bond acceptors (Lipinski definition) is 3. The van der Waals surface area contributed by atoms with Crippen molar-refractivity contribution in [2.75, 3.05) is 11.9 Å². The molecule has 0 heterocycles. The molecule has 4 nitrogen and oxygen atoms in total. The second-order valence-electron chi connectivity index (χ2n) is 5.84. The Balaban J connectivity index is 1.90. The van der Waals surface area contributed by atoms with Crippen molar-refractivity contribution >= 4 is 51.5 Å². The van der Waals surface area contributed by atoms with Crippen LogP contribution in [0.15, 0.2) is 24.3 Å². The summed E-state index contributed by atoms with van der Waals surface area (Å²) in [7, 11) is 0. The molecular weight excluding hydrogens is 484 g/mol. The molecule has 26 heavy (non-hydrogen) atoms. The number of hydrogen-bond donors (Lipinski definition) is 2. The maximum absolute atomic E-state index is 14.3. The Hall–Kier alpha value is -1.52. The average molecular weight is 497 g/mol. The van der Waals surface area contributed by atoms with Crippen molar-refractivity contribution in [2.24, 2.45) is 5.92 Å². The van der Waals surface area contributed by atoms with Gasteiger partial charge in [-0.2, -0.15) is 0 Å². The number of anilines is 2. The van der Waals surface area contributed by atoms with Crippen LogP contribution in [0.25, 0.3) is 0 Å². The quantitative estimate of drug-likeness (QED) is 0.329. The minimum absolute atomic E-state index is 0.234. The SMILES string of the molecule is O=C(NOCC1CC1)c1cc(F)c(F)c(F)c1Nc1ccc(I)cc1Cl. The third-order valence-corrected chi connectivity index (χ3v) is 4.76. The fraction of sp³-hybridized carbons (Fsp3) is 0.235. The number of halogens is 5. The summed E-state index contributed by atoms with van der Waals surface area (Å²) in [6.07, 6.45) is 2.02. The fourth-order valence-corrected chi connectivity index (χ4v) is 3.09. The molecule has 1 aliphatic rings. The van der Waals surface area contributed by atoms with Crippen molar-refractivity contribution in [1.82, 2.24) is 5.48 Å². The lowest BCUT2D eigenvalue weighted by atomic mass is 10.1. The van der Waals surface area contributed by atoms with Crippen molar-refractivity contribution in [3.63, 3.8) is 0 Å². The number of hydroxylamine groups is 1. The molecule has 1 saturated carbocycles. The highest BCUT2D eigenvalue weighted by atomic mass is 127. The Morgan fingerprint density at radius 2 is 1.96 bits per heavy atom. The number of rotatable bonds is 6. The molecule has 1 aliphatic carbocycles. The van der Waals surface area contributed by atoms with Crippen molar-refractivity contribution in [3.05, 3.63) is 55.9 Å². The van der Waals surface area contributed by atoms with E-state index in [-0.39, 0.29) is 10.7 Å². The van der Waals surface area contributed by atoms with Gasteiger partial charge in [-0.1, -0.05) is 11.6 Å². The molecule has 0 radical (unpaired) electrons. The van der Waals surface area contributed by atoms with Gasteiger partial charge in [-0.05, 0) is 65.6 Å². The summed E-state index contributed by atoms with van der Waals surface area (Å²) in [5.74, 6) is -5.21. The van der Waals surface area contributed by atoms with Gasteiger partial charge in [0.25, 0.3) is 5.91 Å². The predicted octanol–water partition coefficient (Wildman–Crippen LogP) is 5.18. The third-order valence-electron chi connectivity index (χ3n) is 3.78. The van der Waals surface area contributed by atoms with Crippen LogP contribution in [0, 0.1) is 26.9 Å². The van der Waals surface area contributed by atoms with Gasteiger partial charge in [-0.15, -0.1) is 0 Å². The third kappa shape index (κ3) is 4.41. The molecule has 2 N–H and O–H groups in total. The van der Waals surface area contributed by atoms with Gasteiger partial charge < -0.3 is 5.32 Å². The molecule has 0 unspecified atom stereocenters. The van der Waals surface area contributed by atoms with Crippen LogP contribution in [0.1, 0.15) is 23.2 Å². The Bertz CT molecular complexity index is 862. The number of carbonyl (C=O) groups excluding carboxylic acids is 1. The van der Waals surface area contributed by atoms with E-state index in [0.29, 0.717) is 18.6 Å². The Labute approximate surface area is 166 Å². The molecule has 3 rings (SSSR count). The lowest BCUT2D eigenvalue weighted by molar-refractivity contribution is 0.0270. The van der Waals surface area contributed by atoms with E-state index in [1.165, 1.54) is 6.07 Å². The molecular formula is C17H13ClF3IN2O2. The maximum Gasteiger partial charge on any atom is 0.277 e. The Kier molecular flexibility index (Phi) is 5.93. The largest absolute Gasteiger partial charge is 0.351 e. The van der Waals surface area contributed by atoms with Crippen LogP contribution >= 0.6 is 34.2 Å². The summed E-state index contributed by atoms with van der Waals surface area (Å²) in [5.41, 5.74) is 1.40. The summed E-state index contributed by atoms with van der Waals surface area (Å²) in [5, 5.41) is 2.80. The zero-order valence-electron chi connectivity index (χ0n) is 13.2. The van der Waals surface area contributed by atoms with E-state index in [1.54, 1.807) is 12.1 Å². The van der Waals surface area contributed by atoms with E-state index >= 15 is 0 Å². The fourth-order valence-electron chi connectivity index (χ4n) is 2.19. The average Bonchev–Trinajstić information content (AvgIpc) is 3.41. The zero-order valence-corrected chi connectivity index (χ0v) is 16.1. The first-order valence-corrected chi connectivity index (χ1v) is 9.14. The molecule has 138 valence electrons. The molecule has 0 saturated heterocycles. The van der Waals surface area contributed by atoms with E-state index < -0.39 is 34.6 Å². The van der Waals surface area contributed by atoms with Gasteiger partial charge >= 0.3 is 0 Å². The van der Waals surface area contributed by atoms with Crippen molar-refractivity contribution in [2.45, 2.75) is 12.8 Å². The van der Waals surface area contributed by atoms with Crippen LogP contribution in [-0.2, 0) is 4.84 Å². The molecule has 0 spiro atoms. The van der Waals surface area contributed by atoms with Gasteiger partial charge in [0.05, 0.1) is 28.6 Å². The van der Waals surface area contributed by atoms with Gasteiger partial charge in [0.15, 0.2) is 17.5 Å². The summed E-state index contributed by atoms with van der Waals surface area (Å²) >= 11 is 8.11. The lowest BCUT2D eigenvalue weighted by Crippen LogP contribution is -2.26. The van der Waals surface area contributed by atoms with Crippen LogP contribution in [0.2, 0.25) is 5.02 Å². The first-order chi connectivity index (χ1) is 12.4. The second kappa shape index (κ2) is 8.01. The second-order valence-corrected chi connectivity index (χ2v) is 7.50. The molecule has 0 bridgehead atoms. The zero-order chi connectivity index (χ0) is 18.8. The van der Waals surface area contributed by atoms with Gasteiger partial charge in [0.2, 0.25) is 0 Å². The standard InChI is InChI=1S/C17H13ClF3IN2O2/c18-11-5-9(22)3-4-13(11)23-16-10(6-12(19)14(20)15(16)21)17(25)24-26-7-8-1-2-8/h3-6,8,23H,1-2,7H2,(H,24,25). The molecule has 9 heteroatoms. The number of benzene rings is 2. The highest BCUT2D eigenvalue weighted by molar-refractivity contribution is 14.1. The highest BCUT2D eigenvalue weighted by Crippen LogP contribution is 2.32. The highest BCUT2D eigenvalue weighted by Gasteiger charge is 2.25. The van der Waals surface area contributed by atoms with E-state index in [2.05, 4.69) is 10.8 Å². The molecule has 0 aromatic heterocycles. The normalized spacial score (nSPS) is 13.6. The minimum atomic E-state index is -1.69. The van der Waals surface area contributed by atoms with Gasteiger partial charge in [-0.25, -0.2) is 18.7 Å². The van der Waals surface area contributed by atoms with Crippen LogP contribution in [0.5, 0.6) is 0 Å². The summed E-state index contributed by atoms with van der Waals surface area (Å²) in [6, 6.07) is 5.43. The monoisotopic (exact) mass is 496 g/mol. The van der Waals surface area contributed by atoms with Gasteiger partial charge in [0.1, 0.15) is 0 Å². The molecule has 0 atom stereocenters. The van der Waals surface area contributed by atoms with Crippen LogP contribution in [0.4, 0.5) is 24.5 Å². The lowest BCUT2D eigenvalue weighted by Gasteiger charge is -2.15. The maximum atomic E-state index is 14.3.